The van der Waals surface area contributed by atoms with Gasteiger partial charge in [0.1, 0.15) is 41.1 Å². The van der Waals surface area contributed by atoms with Crippen LogP contribution < -0.4 is 15.5 Å². The number of hydrogen-bond acceptors (Lipinski definition) is 9. The van der Waals surface area contributed by atoms with Gasteiger partial charge < -0.3 is 49.8 Å². The second-order valence-corrected chi connectivity index (χ2v) is 17.9. The lowest BCUT2D eigenvalue weighted by Gasteiger charge is -2.34. The van der Waals surface area contributed by atoms with Crippen LogP contribution in [0.5, 0.6) is 0 Å². The molecule has 4 fully saturated rings. The highest BCUT2D eigenvalue weighted by Crippen LogP contribution is 2.39. The molecule has 9 rings (SSSR count). The van der Waals surface area contributed by atoms with E-state index < -0.39 is 35.9 Å². The summed E-state index contributed by atoms with van der Waals surface area (Å²) in [5.74, 6) is -0.641. The molecule has 352 valence electrons. The Kier molecular flexibility index (Phi) is 13.5. The third-order valence-corrected chi connectivity index (χ3v) is 13.8. The molecule has 18 heteroatoms. The first kappa shape index (κ1) is 45.3. The Balaban J connectivity index is 0.836. The number of likely N-dealkylation sites (N-methyl/N-ethyl adjacent to an activating group) is 1. The van der Waals surface area contributed by atoms with Gasteiger partial charge in [-0.1, -0.05) is 60.7 Å². The zero-order valence-corrected chi connectivity index (χ0v) is 37.8. The molecule has 4 aliphatic heterocycles. The van der Waals surface area contributed by atoms with E-state index in [1.165, 1.54) is 25.4 Å². The topological polar surface area (TPSA) is 175 Å². The van der Waals surface area contributed by atoms with E-state index in [1.807, 2.05) is 54.5 Å². The molecule has 16 nitrogen and oxygen atoms in total. The number of H-pyrrole nitrogens is 2. The van der Waals surface area contributed by atoms with Crippen LogP contribution in [0.3, 0.4) is 0 Å². The maximum atomic E-state index is 16.0. The first-order valence-corrected chi connectivity index (χ1v) is 23.2. The predicted molar refractivity (Wildman–Crippen MR) is 246 cm³/mol. The maximum absolute atomic E-state index is 16.0. The van der Waals surface area contributed by atoms with Crippen LogP contribution >= 0.6 is 0 Å². The SMILES string of the molecule is COC(=O)NC(C(=O)N1CCCC1c1ncc(-c2cc(F)c(N3CCC(c4cnc(C5CCCN5C(=O)C(NC(=O)N5CCN(C)CC5)c5ccccc5)[nH]4)CC3)c(F)c2)[nH]1)c1ccccc1. The van der Waals surface area contributed by atoms with Crippen LogP contribution in [0.4, 0.5) is 24.1 Å². The molecule has 0 aliphatic carbocycles. The van der Waals surface area contributed by atoms with Gasteiger partial charge in [-0.05, 0) is 68.8 Å². The van der Waals surface area contributed by atoms with E-state index in [0.29, 0.717) is 87.9 Å². The molecule has 5 aromatic rings. The van der Waals surface area contributed by atoms with E-state index in [-0.39, 0.29) is 41.1 Å². The zero-order valence-electron chi connectivity index (χ0n) is 37.8. The van der Waals surface area contributed by atoms with Crippen molar-refractivity contribution in [2.24, 2.45) is 0 Å². The Bertz CT molecular complexity index is 2520. The number of urea groups is 1. The van der Waals surface area contributed by atoms with E-state index in [0.717, 1.165) is 37.2 Å². The number of likely N-dealkylation sites (tertiary alicyclic amines) is 2. The summed E-state index contributed by atoms with van der Waals surface area (Å²) < 4.78 is 36.8. The average Bonchev–Trinajstić information content (AvgIpc) is 4.21. The molecule has 0 saturated carbocycles. The van der Waals surface area contributed by atoms with Gasteiger partial charge in [0.05, 0.1) is 31.1 Å². The number of ether oxygens (including phenoxy) is 1. The Hall–Kier alpha value is -6.82. The number of aromatic amines is 2. The quantitative estimate of drug-likeness (QED) is 0.114. The van der Waals surface area contributed by atoms with Crippen molar-refractivity contribution in [1.82, 2.24) is 50.2 Å². The largest absolute Gasteiger partial charge is 0.453 e. The second-order valence-electron chi connectivity index (χ2n) is 17.9. The summed E-state index contributed by atoms with van der Waals surface area (Å²) in [4.78, 5) is 79.2. The third kappa shape index (κ3) is 9.71. The number of imidazole rings is 2. The van der Waals surface area contributed by atoms with Gasteiger partial charge in [-0.25, -0.2) is 28.3 Å². The number of nitrogens with one attached hydrogen (secondary N) is 4. The molecule has 67 heavy (non-hydrogen) atoms. The number of carbonyl (C=O) groups excluding carboxylic acids is 4. The van der Waals surface area contributed by atoms with E-state index >= 15 is 8.78 Å². The minimum absolute atomic E-state index is 0.0676. The number of anilines is 1. The molecular weight excluding hydrogens is 861 g/mol. The molecular formula is C49H57F2N11O5. The first-order valence-electron chi connectivity index (χ1n) is 23.2. The number of carbonyl (C=O) groups is 4. The molecule has 4 unspecified atom stereocenters. The molecule has 4 saturated heterocycles. The van der Waals surface area contributed by atoms with Crippen molar-refractivity contribution in [1.29, 1.82) is 0 Å². The highest BCUT2D eigenvalue weighted by atomic mass is 19.1. The Morgan fingerprint density at radius 1 is 0.687 bits per heavy atom. The summed E-state index contributed by atoms with van der Waals surface area (Å²) in [7, 11) is 3.27. The minimum atomic E-state index is -0.977. The van der Waals surface area contributed by atoms with Crippen LogP contribution in [0.1, 0.15) is 97.1 Å². The van der Waals surface area contributed by atoms with Gasteiger partial charge in [-0.3, -0.25) is 9.59 Å². The van der Waals surface area contributed by atoms with Crippen LogP contribution in [0.25, 0.3) is 11.3 Å². The zero-order chi connectivity index (χ0) is 46.6. The molecule has 6 heterocycles. The summed E-state index contributed by atoms with van der Waals surface area (Å²) >= 11 is 0. The van der Waals surface area contributed by atoms with Crippen molar-refractivity contribution in [3.8, 4) is 11.3 Å². The average molecular weight is 918 g/mol. The number of halogens is 2. The minimum Gasteiger partial charge on any atom is -0.453 e. The fourth-order valence-corrected chi connectivity index (χ4v) is 10.0. The van der Waals surface area contributed by atoms with Gasteiger partial charge in [-0.15, -0.1) is 0 Å². The summed E-state index contributed by atoms with van der Waals surface area (Å²) in [6.07, 6.45) is 6.70. The van der Waals surface area contributed by atoms with Crippen molar-refractivity contribution in [2.75, 3.05) is 71.4 Å². The van der Waals surface area contributed by atoms with Crippen molar-refractivity contribution in [3.05, 3.63) is 125 Å². The van der Waals surface area contributed by atoms with E-state index in [2.05, 4.69) is 30.5 Å². The standard InChI is InChI=1S/C49H57F2N11O5/c1-58-23-25-60(26-24-58)48(65)56-41(32-11-5-3-6-12-32)46(63)61-19-9-15-39(61)44-52-29-37(54-44)31-17-21-59(22-18-31)43-35(50)27-34(28-36(43)51)38-30-53-45(55-38)40-16-10-20-62(40)47(64)42(57-49(66)67-2)33-13-7-4-8-14-33/h3-8,11-14,27-31,39-42H,9-10,15-26H2,1-2H3,(H,52,54)(H,53,55)(H,56,65)(H,57,66). The summed E-state index contributed by atoms with van der Waals surface area (Å²) in [5, 5.41) is 5.71. The molecule has 0 radical (unpaired) electrons. The van der Waals surface area contributed by atoms with Crippen LogP contribution in [-0.4, -0.2) is 130 Å². The van der Waals surface area contributed by atoms with Crippen molar-refractivity contribution in [3.63, 3.8) is 0 Å². The van der Waals surface area contributed by atoms with Crippen molar-refractivity contribution >= 4 is 29.6 Å². The summed E-state index contributed by atoms with van der Waals surface area (Å²) in [5.41, 5.74) is 2.85. The van der Waals surface area contributed by atoms with Gasteiger partial charge in [0.15, 0.2) is 0 Å². The van der Waals surface area contributed by atoms with Crippen molar-refractivity contribution < 1.29 is 32.7 Å². The molecule has 4 aliphatic rings. The van der Waals surface area contributed by atoms with Crippen LogP contribution in [0, 0.1) is 11.6 Å². The van der Waals surface area contributed by atoms with Crippen molar-refractivity contribution in [2.45, 2.75) is 68.6 Å². The molecule has 0 spiro atoms. The maximum Gasteiger partial charge on any atom is 0.407 e. The molecule has 3 aromatic carbocycles. The van der Waals surface area contributed by atoms with Gasteiger partial charge in [0.25, 0.3) is 5.91 Å². The van der Waals surface area contributed by atoms with Gasteiger partial charge in [-0.2, -0.15) is 0 Å². The number of benzene rings is 3. The fourth-order valence-electron chi connectivity index (χ4n) is 10.0. The number of alkyl carbamates (subject to hydrolysis) is 1. The van der Waals surface area contributed by atoms with Gasteiger partial charge in [0.2, 0.25) is 5.91 Å². The number of rotatable bonds is 11. The number of piperazine rings is 1. The third-order valence-electron chi connectivity index (χ3n) is 13.8. The normalized spacial score (nSPS) is 20.2. The van der Waals surface area contributed by atoms with Crippen LogP contribution in [-0.2, 0) is 14.3 Å². The molecule has 0 bridgehead atoms. The number of aromatic nitrogens is 4. The fraction of sp³-hybridized carbons (Fsp3) is 0.429. The van der Waals surface area contributed by atoms with E-state index in [4.69, 9.17) is 9.72 Å². The lowest BCUT2D eigenvalue weighted by Crippen LogP contribution is -2.53. The van der Waals surface area contributed by atoms with Crippen LogP contribution in [0.15, 0.2) is 85.2 Å². The Morgan fingerprint density at radius 2 is 1.22 bits per heavy atom. The Morgan fingerprint density at radius 3 is 1.79 bits per heavy atom. The predicted octanol–water partition coefficient (Wildman–Crippen LogP) is 6.58. The number of amides is 5. The second kappa shape index (κ2) is 20.0. The molecule has 4 N–H and O–H groups in total. The van der Waals surface area contributed by atoms with Gasteiger partial charge >= 0.3 is 12.1 Å². The number of nitrogens with zero attached hydrogens (tertiary/aromatic N) is 7. The summed E-state index contributed by atoms with van der Waals surface area (Å²) in [6, 6.07) is 18.1. The number of piperidine rings is 1. The lowest BCUT2D eigenvalue weighted by atomic mass is 9.93. The first-order chi connectivity index (χ1) is 32.6. The monoisotopic (exact) mass is 917 g/mol. The Labute approximate surface area is 388 Å². The molecule has 5 amide bonds. The molecule has 4 atom stereocenters. The number of hydrogen-bond donors (Lipinski definition) is 4. The highest BCUT2D eigenvalue weighted by molar-refractivity contribution is 5.89. The summed E-state index contributed by atoms with van der Waals surface area (Å²) in [6.45, 7) is 4.53. The van der Waals surface area contributed by atoms with Gasteiger partial charge in [0, 0.05) is 75.7 Å². The number of methoxy groups -OCH3 is 1. The van der Waals surface area contributed by atoms with E-state index in [1.54, 1.807) is 39.0 Å². The molecule has 2 aromatic heterocycles. The smallest absolute Gasteiger partial charge is 0.407 e. The lowest BCUT2D eigenvalue weighted by molar-refractivity contribution is -0.135. The van der Waals surface area contributed by atoms with Crippen LogP contribution in [0.2, 0.25) is 0 Å². The highest BCUT2D eigenvalue weighted by Gasteiger charge is 2.39. The van der Waals surface area contributed by atoms with E-state index in [9.17, 15) is 19.2 Å².